The van der Waals surface area contributed by atoms with E-state index in [9.17, 15) is 9.59 Å². The molecule has 1 aliphatic heterocycles. The van der Waals surface area contributed by atoms with Crippen LogP contribution in [-0.4, -0.2) is 23.3 Å². The molecule has 0 aromatic rings. The van der Waals surface area contributed by atoms with Crippen LogP contribution in [0.3, 0.4) is 0 Å². The Morgan fingerprint density at radius 2 is 1.30 bits per heavy atom. The Balaban J connectivity index is 1.84. The molecule has 1 fully saturated rings. The summed E-state index contributed by atoms with van der Waals surface area (Å²) in [5, 5.41) is 0. The molecule has 1 rings (SSSR count). The van der Waals surface area contributed by atoms with Crippen molar-refractivity contribution in [1.29, 1.82) is 0 Å². The molecule has 3 heteroatoms. The van der Waals surface area contributed by atoms with Gasteiger partial charge in [-0.15, -0.1) is 6.58 Å². The maximum absolute atomic E-state index is 12.2. The molecule has 0 aromatic carbocycles. The summed E-state index contributed by atoms with van der Waals surface area (Å²) in [7, 11) is 0. The van der Waals surface area contributed by atoms with Crippen LogP contribution in [-0.2, 0) is 9.59 Å². The quantitative estimate of drug-likeness (QED) is 0.215. The minimum atomic E-state index is 0.0502. The molecule has 0 atom stereocenters. The first-order valence-electron chi connectivity index (χ1n) is 11.7. The smallest absolute Gasteiger partial charge is 0.229 e. The molecule has 2 amide bonds. The fourth-order valence-corrected chi connectivity index (χ4v) is 3.89. The zero-order valence-electron chi connectivity index (χ0n) is 17.7. The van der Waals surface area contributed by atoms with Crippen LogP contribution in [0.2, 0.25) is 0 Å². The van der Waals surface area contributed by atoms with Crippen LogP contribution in [0.25, 0.3) is 0 Å². The van der Waals surface area contributed by atoms with E-state index in [1.807, 2.05) is 6.08 Å². The molecule has 0 aliphatic carbocycles. The Kier molecular flexibility index (Phi) is 15.1. The molecule has 0 unspecified atom stereocenters. The lowest BCUT2D eigenvalue weighted by Crippen LogP contribution is -2.36. The van der Waals surface area contributed by atoms with Gasteiger partial charge >= 0.3 is 0 Å². The van der Waals surface area contributed by atoms with Gasteiger partial charge < -0.3 is 0 Å². The Morgan fingerprint density at radius 3 is 1.85 bits per heavy atom. The van der Waals surface area contributed by atoms with Gasteiger partial charge in [-0.2, -0.15) is 0 Å². The van der Waals surface area contributed by atoms with Gasteiger partial charge in [-0.3, -0.25) is 14.5 Å². The first kappa shape index (κ1) is 23.9. The first-order chi connectivity index (χ1) is 13.3. The largest absolute Gasteiger partial charge is 0.283 e. The van der Waals surface area contributed by atoms with Crippen LogP contribution in [0, 0.1) is 0 Å². The van der Waals surface area contributed by atoms with Crippen LogP contribution < -0.4 is 0 Å². The highest BCUT2D eigenvalue weighted by Crippen LogP contribution is 2.15. The lowest BCUT2D eigenvalue weighted by atomic mass is 10.0. The SMILES string of the molecule is C=CCCCCCCCCCCCCCCCC(=O)N1CCCCCC1=O. The summed E-state index contributed by atoms with van der Waals surface area (Å²) in [5.41, 5.74) is 0. The number of hydrogen-bond donors (Lipinski definition) is 0. The number of unbranched alkanes of at least 4 members (excludes halogenated alkanes) is 13. The highest BCUT2D eigenvalue weighted by atomic mass is 16.2. The second kappa shape index (κ2) is 17.0. The Labute approximate surface area is 168 Å². The van der Waals surface area contributed by atoms with Crippen molar-refractivity contribution in [2.24, 2.45) is 0 Å². The van der Waals surface area contributed by atoms with Crippen LogP contribution in [0.1, 0.15) is 122 Å². The summed E-state index contributed by atoms with van der Waals surface area (Å²) >= 11 is 0. The number of allylic oxidation sites excluding steroid dienone is 1. The number of nitrogens with zero attached hydrogens (tertiary/aromatic N) is 1. The van der Waals surface area contributed by atoms with Crippen molar-refractivity contribution in [1.82, 2.24) is 4.90 Å². The van der Waals surface area contributed by atoms with Gasteiger partial charge in [0, 0.05) is 19.4 Å². The number of imide groups is 1. The summed E-state index contributed by atoms with van der Waals surface area (Å²) in [6, 6.07) is 0. The second-order valence-corrected chi connectivity index (χ2v) is 8.17. The van der Waals surface area contributed by atoms with Crippen molar-refractivity contribution in [3.05, 3.63) is 12.7 Å². The van der Waals surface area contributed by atoms with E-state index in [4.69, 9.17) is 0 Å². The zero-order valence-corrected chi connectivity index (χ0v) is 17.7. The number of rotatable bonds is 16. The molecule has 0 radical (unpaired) electrons. The van der Waals surface area contributed by atoms with E-state index in [-0.39, 0.29) is 11.8 Å². The van der Waals surface area contributed by atoms with Gasteiger partial charge in [0.2, 0.25) is 11.8 Å². The topological polar surface area (TPSA) is 37.4 Å². The van der Waals surface area contributed by atoms with Gasteiger partial charge in [-0.1, -0.05) is 83.1 Å². The normalized spacial score (nSPS) is 15.0. The predicted molar refractivity (Wildman–Crippen MR) is 115 cm³/mol. The lowest BCUT2D eigenvalue weighted by molar-refractivity contribution is -0.144. The van der Waals surface area contributed by atoms with Crippen molar-refractivity contribution in [2.75, 3.05) is 6.54 Å². The summed E-state index contributed by atoms with van der Waals surface area (Å²) in [6.45, 7) is 4.41. The van der Waals surface area contributed by atoms with E-state index < -0.39 is 0 Å². The fourth-order valence-electron chi connectivity index (χ4n) is 3.89. The Morgan fingerprint density at radius 1 is 0.778 bits per heavy atom. The van der Waals surface area contributed by atoms with Crippen molar-refractivity contribution in [2.45, 2.75) is 122 Å². The van der Waals surface area contributed by atoms with Gasteiger partial charge in [0.25, 0.3) is 0 Å². The molecule has 1 aliphatic rings. The molecular weight excluding hydrogens is 334 g/mol. The molecule has 0 N–H and O–H groups in total. The molecule has 3 nitrogen and oxygen atoms in total. The van der Waals surface area contributed by atoms with E-state index in [1.165, 1.54) is 81.9 Å². The average molecular weight is 378 g/mol. The summed E-state index contributed by atoms with van der Waals surface area (Å²) in [6.07, 6.45) is 24.2. The second-order valence-electron chi connectivity index (χ2n) is 8.17. The Bertz CT molecular complexity index is 405. The molecule has 0 bridgehead atoms. The van der Waals surface area contributed by atoms with E-state index in [0.717, 1.165) is 32.1 Å². The summed E-state index contributed by atoms with van der Waals surface area (Å²) < 4.78 is 0. The van der Waals surface area contributed by atoms with Gasteiger partial charge in [-0.25, -0.2) is 0 Å². The molecule has 0 spiro atoms. The van der Waals surface area contributed by atoms with Gasteiger partial charge in [-0.05, 0) is 32.1 Å². The van der Waals surface area contributed by atoms with Gasteiger partial charge in [0.05, 0.1) is 0 Å². The molecule has 27 heavy (non-hydrogen) atoms. The number of carbonyl (C=O) groups excluding carboxylic acids is 2. The van der Waals surface area contributed by atoms with Crippen molar-refractivity contribution in [3.63, 3.8) is 0 Å². The number of hydrogen-bond acceptors (Lipinski definition) is 2. The molecule has 1 saturated heterocycles. The van der Waals surface area contributed by atoms with Crippen molar-refractivity contribution < 1.29 is 9.59 Å². The highest BCUT2D eigenvalue weighted by Gasteiger charge is 2.22. The van der Waals surface area contributed by atoms with Crippen LogP contribution >= 0.6 is 0 Å². The maximum Gasteiger partial charge on any atom is 0.229 e. The predicted octanol–water partition coefficient (Wildman–Crippen LogP) is 6.95. The molecule has 0 aromatic heterocycles. The van der Waals surface area contributed by atoms with E-state index >= 15 is 0 Å². The van der Waals surface area contributed by atoms with E-state index in [2.05, 4.69) is 6.58 Å². The molecule has 156 valence electrons. The third kappa shape index (κ3) is 12.8. The maximum atomic E-state index is 12.2. The Hall–Kier alpha value is -1.12. The summed E-state index contributed by atoms with van der Waals surface area (Å²) in [5.74, 6) is 0.112. The standard InChI is InChI=1S/C24H43NO2/c1-2-3-4-5-6-7-8-9-10-11-12-13-14-15-17-20-23(26)25-22-19-16-18-21-24(25)27/h2H,1,3-22H2. The van der Waals surface area contributed by atoms with Crippen molar-refractivity contribution >= 4 is 11.8 Å². The molecule has 0 saturated carbocycles. The number of likely N-dealkylation sites (tertiary alicyclic amines) is 1. The van der Waals surface area contributed by atoms with Crippen LogP contribution in [0.5, 0.6) is 0 Å². The minimum Gasteiger partial charge on any atom is -0.283 e. The van der Waals surface area contributed by atoms with Crippen LogP contribution in [0.15, 0.2) is 12.7 Å². The average Bonchev–Trinajstić information content (AvgIpc) is 2.89. The van der Waals surface area contributed by atoms with E-state index in [1.54, 1.807) is 0 Å². The number of amides is 2. The van der Waals surface area contributed by atoms with Gasteiger partial charge in [0.1, 0.15) is 0 Å². The lowest BCUT2D eigenvalue weighted by Gasteiger charge is -2.18. The highest BCUT2D eigenvalue weighted by molar-refractivity contribution is 5.95. The van der Waals surface area contributed by atoms with E-state index in [0.29, 0.717) is 19.4 Å². The van der Waals surface area contributed by atoms with Crippen molar-refractivity contribution in [3.8, 4) is 0 Å². The molecule has 1 heterocycles. The minimum absolute atomic E-state index is 0.0502. The monoisotopic (exact) mass is 377 g/mol. The zero-order chi connectivity index (χ0) is 19.6. The first-order valence-corrected chi connectivity index (χ1v) is 11.7. The number of carbonyl (C=O) groups is 2. The molecular formula is C24H43NO2. The third-order valence-electron chi connectivity index (χ3n) is 5.67. The van der Waals surface area contributed by atoms with Gasteiger partial charge in [0.15, 0.2) is 0 Å². The summed E-state index contributed by atoms with van der Waals surface area (Å²) in [4.78, 5) is 25.6. The third-order valence-corrected chi connectivity index (χ3v) is 5.67. The van der Waals surface area contributed by atoms with Crippen LogP contribution in [0.4, 0.5) is 0 Å². The fraction of sp³-hybridized carbons (Fsp3) is 0.833.